The molecule has 0 spiro atoms. The van der Waals surface area contributed by atoms with E-state index in [4.69, 9.17) is 8.42 Å². The number of thiol groups is 1. The first kappa shape index (κ1) is 16.1. The summed E-state index contributed by atoms with van der Waals surface area (Å²) in [5.74, 6) is 0.735. The molecule has 2 N–H and O–H groups in total. The number of hydrogen-bond donors (Lipinski definition) is 2. The molecule has 0 aliphatic rings. The molecule has 0 saturated carbocycles. The third kappa shape index (κ3) is 6.38. The molecule has 1 aromatic carbocycles. The van der Waals surface area contributed by atoms with Gasteiger partial charge in [-0.05, 0) is 35.1 Å². The van der Waals surface area contributed by atoms with Crippen molar-refractivity contribution in [1.29, 1.82) is 0 Å². The van der Waals surface area contributed by atoms with Crippen molar-refractivity contribution in [1.82, 2.24) is 0 Å². The fourth-order valence-corrected chi connectivity index (χ4v) is 1.57. The zero-order valence-corrected chi connectivity index (χ0v) is 11.5. The van der Waals surface area contributed by atoms with Crippen molar-refractivity contribution in [2.24, 2.45) is 5.14 Å². The number of nitrogens with two attached hydrogens (primary N) is 1. The Morgan fingerprint density at radius 2 is 1.47 bits per heavy atom. The molecule has 0 aromatic heterocycles. The fourth-order valence-electron chi connectivity index (χ4n) is 1.57. The van der Waals surface area contributed by atoms with Crippen molar-refractivity contribution in [2.75, 3.05) is 0 Å². The average Bonchev–Trinajstić information content (AvgIpc) is 2.15. The van der Waals surface area contributed by atoms with Crippen LogP contribution in [-0.2, 0) is 10.9 Å². The topological polar surface area (TPSA) is 60.2 Å². The molecule has 0 saturated heterocycles. The lowest BCUT2D eigenvalue weighted by Gasteiger charge is -2.15. The summed E-state index contributed by atoms with van der Waals surface area (Å²) in [6, 6.07) is 5.09. The molecule has 5 heteroatoms. The van der Waals surface area contributed by atoms with E-state index in [0.29, 0.717) is 11.8 Å². The van der Waals surface area contributed by atoms with Crippen LogP contribution >= 0.6 is 0 Å². The summed E-state index contributed by atoms with van der Waals surface area (Å²) in [7, 11) is -2.62. The van der Waals surface area contributed by atoms with Gasteiger partial charge >= 0.3 is 0 Å². The molecule has 0 amide bonds. The van der Waals surface area contributed by atoms with Crippen molar-refractivity contribution in [3.63, 3.8) is 0 Å². The van der Waals surface area contributed by atoms with Crippen molar-refractivity contribution in [3.8, 4) is 0 Å². The Balaban J connectivity index is 0.000000557. The zero-order chi connectivity index (χ0) is 13.6. The van der Waals surface area contributed by atoms with Gasteiger partial charge in [0.15, 0.2) is 10.9 Å². The van der Waals surface area contributed by atoms with Crippen molar-refractivity contribution >= 4 is 10.9 Å². The van der Waals surface area contributed by atoms with E-state index in [2.05, 4.69) is 32.8 Å². The molecule has 17 heavy (non-hydrogen) atoms. The summed E-state index contributed by atoms with van der Waals surface area (Å²) >= 11 is 0. The highest BCUT2D eigenvalue weighted by Crippen LogP contribution is 2.26. The van der Waals surface area contributed by atoms with Gasteiger partial charge in [-0.3, -0.25) is 0 Å². The molecule has 1 aromatic rings. The predicted molar refractivity (Wildman–Crippen MR) is 69.1 cm³/mol. The minimum atomic E-state index is -2.62. The Hall–Kier alpha value is -0.940. The Bertz CT molecular complexity index is 421. The van der Waals surface area contributed by atoms with Crippen LogP contribution in [0.3, 0.4) is 0 Å². The van der Waals surface area contributed by atoms with Gasteiger partial charge < -0.3 is 0 Å². The van der Waals surface area contributed by atoms with Crippen LogP contribution in [0.15, 0.2) is 18.2 Å². The number of hydrogen-bond acceptors (Lipinski definition) is 2. The van der Waals surface area contributed by atoms with E-state index in [1.807, 2.05) is 6.07 Å². The maximum atomic E-state index is 13.0. The first-order valence-electron chi connectivity index (χ1n) is 5.44. The van der Waals surface area contributed by atoms with Crippen LogP contribution in [0.2, 0.25) is 0 Å². The van der Waals surface area contributed by atoms with Crippen molar-refractivity contribution in [2.45, 2.75) is 39.5 Å². The fraction of sp³-hybridized carbons (Fsp3) is 0.500. The summed E-state index contributed by atoms with van der Waals surface area (Å²) in [5, 5.41) is 4.06. The molecule has 0 heterocycles. The van der Waals surface area contributed by atoms with Gasteiger partial charge in [-0.1, -0.05) is 33.8 Å². The van der Waals surface area contributed by atoms with E-state index >= 15 is 0 Å². The van der Waals surface area contributed by atoms with Gasteiger partial charge in [0, 0.05) is 0 Å². The first-order chi connectivity index (χ1) is 7.75. The van der Waals surface area contributed by atoms with Crippen LogP contribution in [0, 0.1) is 5.82 Å². The largest absolute Gasteiger partial charge is 0.231 e. The van der Waals surface area contributed by atoms with Gasteiger partial charge in [0.2, 0.25) is 0 Å². The van der Waals surface area contributed by atoms with Gasteiger partial charge in [-0.15, -0.1) is 0 Å². The monoisotopic (exact) mass is 261 g/mol. The third-order valence-electron chi connectivity index (χ3n) is 2.29. The lowest BCUT2D eigenvalue weighted by Crippen LogP contribution is -1.99. The third-order valence-corrected chi connectivity index (χ3v) is 2.29. The van der Waals surface area contributed by atoms with E-state index in [1.165, 1.54) is 5.56 Å². The zero-order valence-electron chi connectivity index (χ0n) is 10.6. The van der Waals surface area contributed by atoms with Crippen LogP contribution in [0.5, 0.6) is 0 Å². The highest BCUT2D eigenvalue weighted by molar-refractivity contribution is 7.69. The van der Waals surface area contributed by atoms with Gasteiger partial charge in [0.25, 0.3) is 0 Å². The van der Waals surface area contributed by atoms with Gasteiger partial charge in [-0.2, -0.15) is 0 Å². The van der Waals surface area contributed by atoms with E-state index in [-0.39, 0.29) is 5.82 Å². The Kier molecular flexibility index (Phi) is 6.99. The SMILES string of the molecule is CC(C)c1ccc(F)cc1C(C)C.N[SH](=O)=O. The van der Waals surface area contributed by atoms with Gasteiger partial charge in [-0.25, -0.2) is 17.9 Å². The lowest BCUT2D eigenvalue weighted by atomic mass is 9.91. The van der Waals surface area contributed by atoms with Crippen molar-refractivity contribution in [3.05, 3.63) is 35.1 Å². The summed E-state index contributed by atoms with van der Waals surface area (Å²) in [5.41, 5.74) is 2.39. The Labute approximate surface area is 104 Å². The Morgan fingerprint density at radius 3 is 1.82 bits per heavy atom. The van der Waals surface area contributed by atoms with E-state index in [1.54, 1.807) is 12.1 Å². The van der Waals surface area contributed by atoms with Crippen LogP contribution < -0.4 is 5.14 Å². The molecule has 0 fully saturated rings. The van der Waals surface area contributed by atoms with E-state index < -0.39 is 10.9 Å². The first-order valence-corrected chi connectivity index (χ1v) is 6.68. The van der Waals surface area contributed by atoms with E-state index in [0.717, 1.165) is 5.56 Å². The number of benzene rings is 1. The quantitative estimate of drug-likeness (QED) is 0.804. The smallest absolute Gasteiger partial charge is 0.198 e. The maximum absolute atomic E-state index is 13.0. The highest BCUT2D eigenvalue weighted by Gasteiger charge is 2.10. The second-order valence-electron chi connectivity index (χ2n) is 4.37. The minimum Gasteiger partial charge on any atom is -0.231 e. The summed E-state index contributed by atoms with van der Waals surface area (Å²) in [4.78, 5) is 0. The summed E-state index contributed by atoms with van der Waals surface area (Å²) in [6.45, 7) is 8.47. The van der Waals surface area contributed by atoms with Crippen LogP contribution in [0.1, 0.15) is 50.7 Å². The molecule has 0 bridgehead atoms. The standard InChI is InChI=1S/C12H17F.H3NO2S/c1-8(2)11-6-5-10(13)7-12(11)9(3)4;1-4(2)3/h5-9H,1-4H3;4H,(H2,1,2,3). The van der Waals surface area contributed by atoms with Crippen LogP contribution in [0.4, 0.5) is 4.39 Å². The molecule has 3 nitrogen and oxygen atoms in total. The molecular formula is C12H20FNO2S. The summed E-state index contributed by atoms with van der Waals surface area (Å²) in [6.07, 6.45) is 0. The maximum Gasteiger partial charge on any atom is 0.198 e. The molecule has 0 atom stereocenters. The van der Waals surface area contributed by atoms with Crippen LogP contribution in [0.25, 0.3) is 0 Å². The number of halogens is 1. The molecule has 98 valence electrons. The number of rotatable bonds is 2. The van der Waals surface area contributed by atoms with Gasteiger partial charge in [0.1, 0.15) is 5.82 Å². The predicted octanol–water partition coefficient (Wildman–Crippen LogP) is 2.54. The lowest BCUT2D eigenvalue weighted by molar-refractivity contribution is 0.616. The summed E-state index contributed by atoms with van der Waals surface area (Å²) < 4.78 is 30.6. The molecule has 0 aliphatic carbocycles. The molecular weight excluding hydrogens is 241 g/mol. The average molecular weight is 261 g/mol. The minimum absolute atomic E-state index is 0.131. The van der Waals surface area contributed by atoms with E-state index in [9.17, 15) is 4.39 Å². The van der Waals surface area contributed by atoms with Gasteiger partial charge in [0.05, 0.1) is 0 Å². The van der Waals surface area contributed by atoms with Crippen molar-refractivity contribution < 1.29 is 12.8 Å². The Morgan fingerprint density at radius 1 is 1.06 bits per heavy atom. The molecule has 0 unspecified atom stereocenters. The highest BCUT2D eigenvalue weighted by atomic mass is 32.2. The molecule has 0 radical (unpaired) electrons. The second kappa shape index (κ2) is 7.40. The van der Waals surface area contributed by atoms with Crippen LogP contribution in [-0.4, -0.2) is 8.42 Å². The molecule has 1 rings (SSSR count). The second-order valence-corrected chi connectivity index (χ2v) is 4.94. The normalized spacial score (nSPS) is 10.6. The molecule has 0 aliphatic heterocycles.